The fraction of sp³-hybridized carbons (Fsp3) is 0.500. The minimum Gasteiger partial charge on any atom is -0.452 e. The molecule has 1 rings (SSSR count). The maximum Gasteiger partial charge on any atom is 0.338 e. The molecule has 0 unspecified atom stereocenters. The van der Waals surface area contributed by atoms with Crippen LogP contribution in [0.25, 0.3) is 0 Å². The molecule has 0 saturated carbocycles. The molecule has 0 heterocycles. The van der Waals surface area contributed by atoms with E-state index >= 15 is 0 Å². The van der Waals surface area contributed by atoms with Crippen molar-refractivity contribution >= 4 is 21.9 Å². The SMILES string of the molecule is CCN(CC)S(=O)(=O)c1cccc(C(=O)OCC(=O)NC(C)C)c1. The molecule has 1 N–H and O–H groups in total. The van der Waals surface area contributed by atoms with Gasteiger partial charge in [-0.2, -0.15) is 4.31 Å². The number of rotatable bonds is 8. The van der Waals surface area contributed by atoms with Crippen molar-refractivity contribution in [2.45, 2.75) is 38.6 Å². The number of nitrogens with zero attached hydrogens (tertiary/aromatic N) is 1. The number of carbonyl (C=O) groups excluding carboxylic acids is 2. The lowest BCUT2D eigenvalue weighted by Crippen LogP contribution is -2.34. The van der Waals surface area contributed by atoms with Gasteiger partial charge in [-0.3, -0.25) is 4.79 Å². The van der Waals surface area contributed by atoms with Gasteiger partial charge in [0.2, 0.25) is 10.0 Å². The van der Waals surface area contributed by atoms with Crippen molar-refractivity contribution < 1.29 is 22.7 Å². The van der Waals surface area contributed by atoms with Gasteiger partial charge in [0.05, 0.1) is 10.5 Å². The summed E-state index contributed by atoms with van der Waals surface area (Å²) in [7, 11) is -3.66. The van der Waals surface area contributed by atoms with Gasteiger partial charge in [0.1, 0.15) is 0 Å². The lowest BCUT2D eigenvalue weighted by molar-refractivity contribution is -0.124. The van der Waals surface area contributed by atoms with Crippen LogP contribution >= 0.6 is 0 Å². The number of nitrogens with one attached hydrogen (secondary N) is 1. The molecule has 24 heavy (non-hydrogen) atoms. The Morgan fingerprint density at radius 1 is 1.21 bits per heavy atom. The average Bonchev–Trinajstić information content (AvgIpc) is 2.53. The van der Waals surface area contributed by atoms with E-state index < -0.39 is 28.5 Å². The van der Waals surface area contributed by atoms with E-state index in [0.29, 0.717) is 13.1 Å². The van der Waals surface area contributed by atoms with Crippen LogP contribution in [0.3, 0.4) is 0 Å². The topological polar surface area (TPSA) is 92.8 Å². The highest BCUT2D eigenvalue weighted by atomic mass is 32.2. The predicted octanol–water partition coefficient (Wildman–Crippen LogP) is 1.40. The largest absolute Gasteiger partial charge is 0.452 e. The molecule has 0 fully saturated rings. The van der Waals surface area contributed by atoms with Crippen LogP contribution in [0.15, 0.2) is 29.2 Å². The van der Waals surface area contributed by atoms with Crippen molar-refractivity contribution in [2.24, 2.45) is 0 Å². The average molecular weight is 356 g/mol. The molecule has 0 saturated heterocycles. The maximum atomic E-state index is 12.5. The first-order valence-corrected chi connectivity index (χ1v) is 9.23. The summed E-state index contributed by atoms with van der Waals surface area (Å²) in [5.41, 5.74) is 0.0839. The van der Waals surface area contributed by atoms with Gasteiger partial charge in [-0.25, -0.2) is 13.2 Å². The molecule has 7 nitrogen and oxygen atoms in total. The summed E-state index contributed by atoms with van der Waals surface area (Å²) >= 11 is 0. The first-order chi connectivity index (χ1) is 11.2. The summed E-state index contributed by atoms with van der Waals surface area (Å²) in [6.45, 7) is 7.33. The zero-order valence-electron chi connectivity index (χ0n) is 14.4. The molecule has 1 amide bonds. The van der Waals surface area contributed by atoms with Crippen molar-refractivity contribution in [3.8, 4) is 0 Å². The van der Waals surface area contributed by atoms with Crippen LogP contribution in [-0.4, -0.2) is 50.3 Å². The molecule has 0 aliphatic carbocycles. The highest BCUT2D eigenvalue weighted by molar-refractivity contribution is 7.89. The van der Waals surface area contributed by atoms with Crippen molar-refractivity contribution in [1.29, 1.82) is 0 Å². The molecule has 0 spiro atoms. The number of benzene rings is 1. The zero-order valence-corrected chi connectivity index (χ0v) is 15.2. The standard InChI is InChI=1S/C16H24N2O5S/c1-5-18(6-2)24(21,22)14-9-7-8-13(10-14)16(20)23-11-15(19)17-12(3)4/h7-10,12H,5-6,11H2,1-4H3,(H,17,19). The van der Waals surface area contributed by atoms with E-state index in [9.17, 15) is 18.0 Å². The van der Waals surface area contributed by atoms with Gasteiger partial charge >= 0.3 is 5.97 Å². The third-order valence-corrected chi connectivity index (χ3v) is 5.24. The Hall–Kier alpha value is -1.93. The van der Waals surface area contributed by atoms with Crippen LogP contribution in [-0.2, 0) is 19.6 Å². The predicted molar refractivity (Wildman–Crippen MR) is 90.1 cm³/mol. The first-order valence-electron chi connectivity index (χ1n) is 7.79. The molecule has 1 aromatic rings. The summed E-state index contributed by atoms with van der Waals surface area (Å²) in [4.78, 5) is 23.5. The van der Waals surface area contributed by atoms with Crippen LogP contribution in [0.5, 0.6) is 0 Å². The Labute approximate surface area is 143 Å². The number of hydrogen-bond donors (Lipinski definition) is 1. The summed E-state index contributed by atoms with van der Waals surface area (Å²) in [5.74, 6) is -1.16. The summed E-state index contributed by atoms with van der Waals surface area (Å²) in [5, 5.41) is 2.60. The lowest BCUT2D eigenvalue weighted by Gasteiger charge is -2.18. The van der Waals surface area contributed by atoms with E-state index in [1.807, 2.05) is 0 Å². The molecular formula is C16H24N2O5S. The first kappa shape index (κ1) is 20.1. The van der Waals surface area contributed by atoms with Crippen molar-refractivity contribution in [2.75, 3.05) is 19.7 Å². The van der Waals surface area contributed by atoms with E-state index in [-0.39, 0.29) is 16.5 Å². The number of carbonyl (C=O) groups is 2. The van der Waals surface area contributed by atoms with Gasteiger partial charge in [-0.05, 0) is 32.0 Å². The summed E-state index contributed by atoms with van der Waals surface area (Å²) in [6, 6.07) is 5.55. The molecule has 1 aromatic carbocycles. The molecule has 0 atom stereocenters. The molecule has 0 aromatic heterocycles. The molecule has 8 heteroatoms. The van der Waals surface area contributed by atoms with Gasteiger partial charge in [-0.1, -0.05) is 19.9 Å². The lowest BCUT2D eigenvalue weighted by atomic mass is 10.2. The minimum atomic E-state index is -3.66. The molecule has 0 radical (unpaired) electrons. The van der Waals surface area contributed by atoms with Crippen molar-refractivity contribution in [1.82, 2.24) is 9.62 Å². The monoisotopic (exact) mass is 356 g/mol. The van der Waals surface area contributed by atoms with Crippen LogP contribution in [0.4, 0.5) is 0 Å². The Morgan fingerprint density at radius 2 is 1.83 bits per heavy atom. The highest BCUT2D eigenvalue weighted by Gasteiger charge is 2.23. The number of sulfonamides is 1. The molecule has 0 bridgehead atoms. The quantitative estimate of drug-likeness (QED) is 0.711. The number of esters is 1. The zero-order chi connectivity index (χ0) is 18.3. The molecular weight excluding hydrogens is 332 g/mol. The van der Waals surface area contributed by atoms with Crippen LogP contribution < -0.4 is 5.32 Å². The normalized spacial score (nSPS) is 11.6. The molecule has 0 aliphatic heterocycles. The third-order valence-electron chi connectivity index (χ3n) is 3.20. The maximum absolute atomic E-state index is 12.5. The fourth-order valence-corrected chi connectivity index (χ4v) is 3.58. The highest BCUT2D eigenvalue weighted by Crippen LogP contribution is 2.17. The molecule has 0 aliphatic rings. The van der Waals surface area contributed by atoms with Gasteiger partial charge in [0.25, 0.3) is 5.91 Å². The summed E-state index contributed by atoms with van der Waals surface area (Å²) in [6.07, 6.45) is 0. The van der Waals surface area contributed by atoms with E-state index in [0.717, 1.165) is 0 Å². The summed E-state index contributed by atoms with van der Waals surface area (Å²) < 4.78 is 31.1. The molecule has 134 valence electrons. The Kier molecular flexibility index (Phi) is 7.37. The number of hydrogen-bond acceptors (Lipinski definition) is 5. The Bertz CT molecular complexity index is 681. The van der Waals surface area contributed by atoms with Gasteiger partial charge in [-0.15, -0.1) is 0 Å². The Morgan fingerprint density at radius 3 is 2.38 bits per heavy atom. The fourth-order valence-electron chi connectivity index (χ4n) is 2.07. The third kappa shape index (κ3) is 5.31. The van der Waals surface area contributed by atoms with Crippen LogP contribution in [0.1, 0.15) is 38.1 Å². The van der Waals surface area contributed by atoms with E-state index in [1.54, 1.807) is 27.7 Å². The number of amides is 1. The number of ether oxygens (including phenoxy) is 1. The van der Waals surface area contributed by atoms with Gasteiger partial charge in [0, 0.05) is 19.1 Å². The van der Waals surface area contributed by atoms with E-state index in [4.69, 9.17) is 4.74 Å². The van der Waals surface area contributed by atoms with Gasteiger partial charge in [0.15, 0.2) is 6.61 Å². The van der Waals surface area contributed by atoms with E-state index in [2.05, 4.69) is 5.32 Å². The van der Waals surface area contributed by atoms with Crippen molar-refractivity contribution in [3.63, 3.8) is 0 Å². The second kappa shape index (κ2) is 8.79. The van der Waals surface area contributed by atoms with Gasteiger partial charge < -0.3 is 10.1 Å². The van der Waals surface area contributed by atoms with Crippen LogP contribution in [0, 0.1) is 0 Å². The smallest absolute Gasteiger partial charge is 0.338 e. The van der Waals surface area contributed by atoms with Crippen molar-refractivity contribution in [3.05, 3.63) is 29.8 Å². The second-order valence-electron chi connectivity index (χ2n) is 5.42. The van der Waals surface area contributed by atoms with E-state index in [1.165, 1.54) is 28.6 Å². The van der Waals surface area contributed by atoms with Crippen LogP contribution in [0.2, 0.25) is 0 Å². The second-order valence-corrected chi connectivity index (χ2v) is 7.35. The Balaban J connectivity index is 2.88. The minimum absolute atomic E-state index is 0.0206.